The number of carbonyl (C=O) groups is 1. The highest BCUT2D eigenvalue weighted by atomic mass is 16.4. The van der Waals surface area contributed by atoms with E-state index in [9.17, 15) is 9.90 Å². The fourth-order valence-electron chi connectivity index (χ4n) is 0.944. The number of terminal acetylenes is 1. The maximum absolute atomic E-state index is 10.3. The molecule has 2 heteroatoms. The molecule has 0 aliphatic carbocycles. The van der Waals surface area contributed by atoms with Gasteiger partial charge in [0, 0.05) is 5.57 Å². The first-order chi connectivity index (χ1) is 6.24. The van der Waals surface area contributed by atoms with Crippen LogP contribution in [0.5, 0.6) is 0 Å². The minimum Gasteiger partial charge on any atom is -0.545 e. The number of hydrogen-bond acceptors (Lipinski definition) is 2. The summed E-state index contributed by atoms with van der Waals surface area (Å²) in [6.07, 6.45) is 6.06. The normalized spacial score (nSPS) is 10.5. The second-order valence-electron chi connectivity index (χ2n) is 2.39. The van der Waals surface area contributed by atoms with Gasteiger partial charge in [-0.1, -0.05) is 36.3 Å². The van der Waals surface area contributed by atoms with Crippen molar-refractivity contribution in [1.29, 1.82) is 0 Å². The largest absolute Gasteiger partial charge is 0.545 e. The van der Waals surface area contributed by atoms with E-state index in [-0.39, 0.29) is 0 Å². The molecule has 0 bridgehead atoms. The number of rotatable bonds is 2. The summed E-state index contributed by atoms with van der Waals surface area (Å²) in [6.45, 7) is 0. The van der Waals surface area contributed by atoms with Crippen LogP contribution in [0.2, 0.25) is 0 Å². The van der Waals surface area contributed by atoms with Gasteiger partial charge in [0.2, 0.25) is 0 Å². The van der Waals surface area contributed by atoms with Crippen LogP contribution in [0.4, 0.5) is 0 Å². The molecule has 0 aliphatic rings. The van der Waals surface area contributed by atoms with Gasteiger partial charge in [-0.2, -0.15) is 0 Å². The van der Waals surface area contributed by atoms with Crippen LogP contribution in [0, 0.1) is 12.3 Å². The zero-order chi connectivity index (χ0) is 9.68. The van der Waals surface area contributed by atoms with Gasteiger partial charge in [0.1, 0.15) is 0 Å². The van der Waals surface area contributed by atoms with Gasteiger partial charge in [0.05, 0.1) is 5.97 Å². The SMILES string of the molecule is C#C/C(=C/C(=O)[O-])c1ccccc1. The highest BCUT2D eigenvalue weighted by molar-refractivity contribution is 5.93. The van der Waals surface area contributed by atoms with E-state index in [2.05, 4.69) is 5.92 Å². The van der Waals surface area contributed by atoms with Crippen molar-refractivity contribution in [3.05, 3.63) is 42.0 Å². The van der Waals surface area contributed by atoms with Crippen LogP contribution < -0.4 is 5.11 Å². The molecule has 0 saturated heterocycles. The number of carbonyl (C=O) groups excluding carboxylic acids is 1. The second-order valence-corrected chi connectivity index (χ2v) is 2.39. The average Bonchev–Trinajstić information content (AvgIpc) is 2.15. The Labute approximate surface area is 76.5 Å². The Hall–Kier alpha value is -2.01. The van der Waals surface area contributed by atoms with Crippen molar-refractivity contribution in [2.75, 3.05) is 0 Å². The third-order valence-electron chi connectivity index (χ3n) is 1.50. The van der Waals surface area contributed by atoms with E-state index in [0.717, 1.165) is 6.08 Å². The minimum atomic E-state index is -1.28. The van der Waals surface area contributed by atoms with Crippen LogP contribution in [0.25, 0.3) is 5.57 Å². The first-order valence-corrected chi connectivity index (χ1v) is 3.68. The maximum Gasteiger partial charge on any atom is 0.0655 e. The Morgan fingerprint density at radius 3 is 2.46 bits per heavy atom. The standard InChI is InChI=1S/C11H8O2/c1-2-9(8-11(12)13)10-6-4-3-5-7-10/h1,3-8H,(H,12,13)/p-1/b9-8-. The maximum atomic E-state index is 10.3. The zero-order valence-corrected chi connectivity index (χ0v) is 6.86. The van der Waals surface area contributed by atoms with E-state index in [1.807, 2.05) is 6.07 Å². The van der Waals surface area contributed by atoms with Gasteiger partial charge < -0.3 is 9.90 Å². The van der Waals surface area contributed by atoms with Crippen molar-refractivity contribution in [2.45, 2.75) is 0 Å². The Kier molecular flexibility index (Phi) is 2.88. The number of hydrogen-bond donors (Lipinski definition) is 0. The fourth-order valence-corrected chi connectivity index (χ4v) is 0.944. The molecular formula is C11H7O2-. The van der Waals surface area contributed by atoms with Gasteiger partial charge >= 0.3 is 0 Å². The van der Waals surface area contributed by atoms with Crippen LogP contribution in [-0.4, -0.2) is 5.97 Å². The molecular weight excluding hydrogens is 164 g/mol. The summed E-state index contributed by atoms with van der Waals surface area (Å²) in [5.41, 5.74) is 1.02. The molecule has 1 aromatic rings. The molecule has 0 aromatic heterocycles. The van der Waals surface area contributed by atoms with Crippen LogP contribution in [-0.2, 0) is 4.79 Å². The lowest BCUT2D eigenvalue weighted by Gasteiger charge is -2.00. The van der Waals surface area contributed by atoms with Gasteiger partial charge in [0.15, 0.2) is 0 Å². The lowest BCUT2D eigenvalue weighted by molar-refractivity contribution is -0.297. The second kappa shape index (κ2) is 4.13. The summed E-state index contributed by atoms with van der Waals surface area (Å²) in [5, 5.41) is 10.3. The number of benzene rings is 1. The van der Waals surface area contributed by atoms with Gasteiger partial charge in [-0.05, 0) is 11.6 Å². The monoisotopic (exact) mass is 171 g/mol. The predicted octanol–water partition coefficient (Wildman–Crippen LogP) is 0.453. The first-order valence-electron chi connectivity index (χ1n) is 3.68. The summed E-state index contributed by atoms with van der Waals surface area (Å²) >= 11 is 0. The van der Waals surface area contributed by atoms with E-state index in [4.69, 9.17) is 6.42 Å². The zero-order valence-electron chi connectivity index (χ0n) is 6.86. The van der Waals surface area contributed by atoms with Crippen molar-refractivity contribution in [1.82, 2.24) is 0 Å². The molecule has 0 amide bonds. The Balaban J connectivity index is 3.07. The summed E-state index contributed by atoms with van der Waals surface area (Å²) < 4.78 is 0. The Morgan fingerprint density at radius 2 is 2.00 bits per heavy atom. The van der Waals surface area contributed by atoms with E-state index in [0.29, 0.717) is 11.1 Å². The molecule has 0 N–H and O–H groups in total. The number of aliphatic carboxylic acids is 1. The summed E-state index contributed by atoms with van der Waals surface area (Å²) in [6, 6.07) is 8.89. The third kappa shape index (κ3) is 2.49. The van der Waals surface area contributed by atoms with Gasteiger partial charge in [-0.3, -0.25) is 0 Å². The fraction of sp³-hybridized carbons (Fsp3) is 0. The molecule has 0 unspecified atom stereocenters. The van der Waals surface area contributed by atoms with E-state index in [1.165, 1.54) is 0 Å². The average molecular weight is 171 g/mol. The molecule has 0 saturated carbocycles. The van der Waals surface area contributed by atoms with Crippen molar-refractivity contribution in [2.24, 2.45) is 0 Å². The molecule has 1 rings (SSSR count). The van der Waals surface area contributed by atoms with Gasteiger partial charge in [-0.15, -0.1) is 6.42 Å². The smallest absolute Gasteiger partial charge is 0.0655 e. The van der Waals surface area contributed by atoms with Crippen LogP contribution in [0.15, 0.2) is 36.4 Å². The van der Waals surface area contributed by atoms with Crippen LogP contribution in [0.1, 0.15) is 5.56 Å². The van der Waals surface area contributed by atoms with Crippen molar-refractivity contribution >= 4 is 11.5 Å². The summed E-state index contributed by atoms with van der Waals surface area (Å²) in [5.74, 6) is 1.01. The number of carboxylic acids is 1. The molecule has 0 atom stereocenters. The van der Waals surface area contributed by atoms with E-state index >= 15 is 0 Å². The summed E-state index contributed by atoms with van der Waals surface area (Å²) in [4.78, 5) is 10.3. The summed E-state index contributed by atoms with van der Waals surface area (Å²) in [7, 11) is 0. The van der Waals surface area contributed by atoms with Crippen LogP contribution >= 0.6 is 0 Å². The Morgan fingerprint density at radius 1 is 1.38 bits per heavy atom. The molecule has 0 aliphatic heterocycles. The number of allylic oxidation sites excluding steroid dienone is 1. The van der Waals surface area contributed by atoms with E-state index in [1.54, 1.807) is 24.3 Å². The molecule has 64 valence electrons. The minimum absolute atomic E-state index is 0.320. The molecule has 0 fully saturated rings. The third-order valence-corrected chi connectivity index (χ3v) is 1.50. The lowest BCUT2D eigenvalue weighted by Crippen LogP contribution is -2.19. The predicted molar refractivity (Wildman–Crippen MR) is 48.3 cm³/mol. The van der Waals surface area contributed by atoms with Crippen LogP contribution in [0.3, 0.4) is 0 Å². The lowest BCUT2D eigenvalue weighted by atomic mass is 10.1. The molecule has 13 heavy (non-hydrogen) atoms. The van der Waals surface area contributed by atoms with Gasteiger partial charge in [-0.25, -0.2) is 0 Å². The number of carboxylic acid groups (broad SMARTS) is 1. The topological polar surface area (TPSA) is 40.1 Å². The van der Waals surface area contributed by atoms with E-state index < -0.39 is 5.97 Å². The van der Waals surface area contributed by atoms with Crippen molar-refractivity contribution in [3.63, 3.8) is 0 Å². The first kappa shape index (κ1) is 9.08. The Bertz CT molecular complexity index is 369. The molecule has 1 aromatic carbocycles. The molecule has 0 radical (unpaired) electrons. The highest BCUT2D eigenvalue weighted by Crippen LogP contribution is 2.11. The van der Waals surface area contributed by atoms with Crippen molar-refractivity contribution in [3.8, 4) is 12.3 Å². The molecule has 0 spiro atoms. The van der Waals surface area contributed by atoms with Crippen molar-refractivity contribution < 1.29 is 9.90 Å². The highest BCUT2D eigenvalue weighted by Gasteiger charge is 1.95. The molecule has 0 heterocycles. The quantitative estimate of drug-likeness (QED) is 0.479. The van der Waals surface area contributed by atoms with Gasteiger partial charge in [0.25, 0.3) is 0 Å². The molecule has 2 nitrogen and oxygen atoms in total.